The monoisotopic (exact) mass is 402 g/mol. The van der Waals surface area contributed by atoms with E-state index in [1.165, 1.54) is 43.7 Å². The highest BCUT2D eigenvalue weighted by Crippen LogP contribution is 2.39. The number of hydrogen-bond acceptors (Lipinski definition) is 4. The first-order valence-corrected chi connectivity index (χ1v) is 10.5. The largest absolute Gasteiger partial charge is 0.494 e. The lowest BCUT2D eigenvalue weighted by molar-refractivity contribution is 0.0736. The first-order chi connectivity index (χ1) is 14.6. The molecule has 0 heterocycles. The SMILES string of the molecule is [C-]#[N+]c1c(OC(=O)c2ccc(C3CCC(CC)CC3)cc2)ccc(OCC)c1C#N. The number of rotatable bonds is 6. The molecular formula is C25H26N2O3. The lowest BCUT2D eigenvalue weighted by Crippen LogP contribution is -2.13. The van der Waals surface area contributed by atoms with E-state index in [0.29, 0.717) is 23.8 Å². The van der Waals surface area contributed by atoms with E-state index in [1.54, 1.807) is 25.1 Å². The van der Waals surface area contributed by atoms with E-state index in [1.807, 2.05) is 18.2 Å². The Morgan fingerprint density at radius 1 is 1.10 bits per heavy atom. The van der Waals surface area contributed by atoms with Gasteiger partial charge in [0.25, 0.3) is 0 Å². The summed E-state index contributed by atoms with van der Waals surface area (Å²) in [5, 5.41) is 9.41. The van der Waals surface area contributed by atoms with E-state index >= 15 is 0 Å². The Morgan fingerprint density at radius 2 is 1.77 bits per heavy atom. The van der Waals surface area contributed by atoms with E-state index < -0.39 is 5.97 Å². The number of carbonyl (C=O) groups is 1. The van der Waals surface area contributed by atoms with Crippen LogP contribution in [-0.2, 0) is 0 Å². The van der Waals surface area contributed by atoms with Crippen LogP contribution in [0, 0.1) is 23.8 Å². The molecule has 0 spiro atoms. The Bertz CT molecular complexity index is 975. The van der Waals surface area contributed by atoms with Crippen LogP contribution in [0.5, 0.6) is 11.5 Å². The number of ether oxygens (including phenoxy) is 2. The van der Waals surface area contributed by atoms with Crippen molar-refractivity contribution in [2.75, 3.05) is 6.61 Å². The molecule has 5 heteroatoms. The fourth-order valence-electron chi connectivity index (χ4n) is 4.08. The van der Waals surface area contributed by atoms with Crippen molar-refractivity contribution in [2.45, 2.75) is 51.9 Å². The molecule has 1 aliphatic rings. The number of esters is 1. The van der Waals surface area contributed by atoms with Crippen LogP contribution >= 0.6 is 0 Å². The maximum Gasteiger partial charge on any atom is 0.342 e. The molecule has 154 valence electrons. The normalized spacial score (nSPS) is 18.1. The summed E-state index contributed by atoms with van der Waals surface area (Å²) < 4.78 is 10.8. The van der Waals surface area contributed by atoms with Gasteiger partial charge in [-0.1, -0.05) is 25.5 Å². The van der Waals surface area contributed by atoms with Crippen molar-refractivity contribution in [3.05, 3.63) is 64.5 Å². The first-order valence-electron chi connectivity index (χ1n) is 10.5. The third kappa shape index (κ3) is 4.63. The highest BCUT2D eigenvalue weighted by molar-refractivity contribution is 5.92. The van der Waals surface area contributed by atoms with Gasteiger partial charge < -0.3 is 9.47 Å². The highest BCUT2D eigenvalue weighted by atomic mass is 16.5. The maximum absolute atomic E-state index is 12.6. The zero-order valence-corrected chi connectivity index (χ0v) is 17.5. The third-order valence-electron chi connectivity index (χ3n) is 5.87. The van der Waals surface area contributed by atoms with Crippen molar-refractivity contribution < 1.29 is 14.3 Å². The van der Waals surface area contributed by atoms with Crippen LogP contribution in [0.4, 0.5) is 5.69 Å². The molecule has 0 amide bonds. The topological polar surface area (TPSA) is 63.7 Å². The molecule has 1 saturated carbocycles. The summed E-state index contributed by atoms with van der Waals surface area (Å²) in [6.45, 7) is 11.8. The van der Waals surface area contributed by atoms with E-state index in [-0.39, 0.29) is 17.0 Å². The van der Waals surface area contributed by atoms with Crippen molar-refractivity contribution in [1.82, 2.24) is 0 Å². The highest BCUT2D eigenvalue weighted by Gasteiger charge is 2.22. The van der Waals surface area contributed by atoms with Gasteiger partial charge in [-0.2, -0.15) is 5.26 Å². The van der Waals surface area contributed by atoms with E-state index in [4.69, 9.17) is 16.0 Å². The zero-order valence-electron chi connectivity index (χ0n) is 17.5. The number of benzene rings is 2. The summed E-state index contributed by atoms with van der Waals surface area (Å²) >= 11 is 0. The van der Waals surface area contributed by atoms with Gasteiger partial charge in [0, 0.05) is 0 Å². The molecule has 30 heavy (non-hydrogen) atoms. The predicted molar refractivity (Wildman–Crippen MR) is 115 cm³/mol. The molecule has 0 radical (unpaired) electrons. The van der Waals surface area contributed by atoms with Gasteiger partial charge >= 0.3 is 5.97 Å². The van der Waals surface area contributed by atoms with Crippen LogP contribution in [0.3, 0.4) is 0 Å². The Morgan fingerprint density at radius 3 is 2.33 bits per heavy atom. The van der Waals surface area contributed by atoms with Gasteiger partial charge in [0.05, 0.1) is 24.8 Å². The van der Waals surface area contributed by atoms with Crippen LogP contribution in [0.1, 0.15) is 73.4 Å². The van der Waals surface area contributed by atoms with Crippen LogP contribution in [0.25, 0.3) is 4.85 Å². The van der Waals surface area contributed by atoms with Gasteiger partial charge in [0.2, 0.25) is 5.69 Å². The third-order valence-corrected chi connectivity index (χ3v) is 5.87. The quantitative estimate of drug-likeness (QED) is 0.318. The molecule has 0 atom stereocenters. The van der Waals surface area contributed by atoms with Crippen LogP contribution < -0.4 is 9.47 Å². The van der Waals surface area contributed by atoms with Gasteiger partial charge in [0.1, 0.15) is 17.1 Å². The molecule has 2 aromatic carbocycles. The lowest BCUT2D eigenvalue weighted by atomic mass is 9.78. The minimum Gasteiger partial charge on any atom is -0.494 e. The summed E-state index contributed by atoms with van der Waals surface area (Å²) in [6, 6.07) is 12.6. The number of nitriles is 1. The van der Waals surface area contributed by atoms with Gasteiger partial charge in [-0.15, -0.1) is 0 Å². The van der Waals surface area contributed by atoms with Crippen molar-refractivity contribution in [1.29, 1.82) is 5.26 Å². The zero-order chi connectivity index (χ0) is 21.5. The minimum atomic E-state index is -0.547. The minimum absolute atomic E-state index is 0.0129. The fourth-order valence-corrected chi connectivity index (χ4v) is 4.08. The average molecular weight is 402 g/mol. The molecular weight excluding hydrogens is 376 g/mol. The molecule has 3 rings (SSSR count). The average Bonchev–Trinajstić information content (AvgIpc) is 2.80. The van der Waals surface area contributed by atoms with E-state index in [0.717, 1.165) is 5.92 Å². The van der Waals surface area contributed by atoms with Crippen molar-refractivity contribution in [2.24, 2.45) is 5.92 Å². The van der Waals surface area contributed by atoms with Crippen LogP contribution in [-0.4, -0.2) is 12.6 Å². The number of hydrogen-bond donors (Lipinski definition) is 0. The van der Waals surface area contributed by atoms with Crippen molar-refractivity contribution in [3.63, 3.8) is 0 Å². The number of nitrogens with zero attached hydrogens (tertiary/aromatic N) is 2. The lowest BCUT2D eigenvalue weighted by Gasteiger charge is -2.28. The second kappa shape index (κ2) is 9.94. The van der Waals surface area contributed by atoms with E-state index in [9.17, 15) is 10.1 Å². The summed E-state index contributed by atoms with van der Waals surface area (Å²) in [7, 11) is 0. The second-order valence-electron chi connectivity index (χ2n) is 7.58. The van der Waals surface area contributed by atoms with Gasteiger partial charge in [-0.25, -0.2) is 9.64 Å². The fraction of sp³-hybridized carbons (Fsp3) is 0.400. The molecule has 1 fully saturated rings. The Hall–Kier alpha value is -3.31. The molecule has 0 aliphatic heterocycles. The first kappa shape index (κ1) is 21.4. The molecule has 2 aromatic rings. The standard InChI is InChI=1S/C25H26N2O3/c1-4-17-6-8-18(9-7-17)19-10-12-20(13-11-19)25(28)30-23-15-14-22(29-5-2)21(16-26)24(23)27-3/h10-15,17-18H,4-9H2,1-2H3. The summed E-state index contributed by atoms with van der Waals surface area (Å²) in [5.74, 6) is 1.23. The number of carbonyl (C=O) groups excluding carboxylic acids is 1. The molecule has 0 saturated heterocycles. The van der Waals surface area contributed by atoms with Crippen LogP contribution in [0.15, 0.2) is 36.4 Å². The van der Waals surface area contributed by atoms with Crippen molar-refractivity contribution >= 4 is 11.7 Å². The molecule has 5 nitrogen and oxygen atoms in total. The van der Waals surface area contributed by atoms with E-state index in [2.05, 4.69) is 11.8 Å². The Kier molecular flexibility index (Phi) is 7.09. The molecule has 0 unspecified atom stereocenters. The molecule has 0 N–H and O–H groups in total. The Labute approximate surface area is 178 Å². The molecule has 0 aromatic heterocycles. The van der Waals surface area contributed by atoms with Crippen LogP contribution in [0.2, 0.25) is 0 Å². The van der Waals surface area contributed by atoms with Gasteiger partial charge in [0.15, 0.2) is 0 Å². The van der Waals surface area contributed by atoms with Gasteiger partial charge in [-0.3, -0.25) is 0 Å². The summed E-state index contributed by atoms with van der Waals surface area (Å²) in [4.78, 5) is 16.0. The molecule has 0 bridgehead atoms. The maximum atomic E-state index is 12.6. The van der Waals surface area contributed by atoms with Gasteiger partial charge in [-0.05, 0) is 74.3 Å². The Balaban J connectivity index is 1.74. The second-order valence-corrected chi connectivity index (χ2v) is 7.58. The van der Waals surface area contributed by atoms with Crippen molar-refractivity contribution in [3.8, 4) is 17.6 Å². The molecule has 1 aliphatic carbocycles. The summed E-state index contributed by atoms with van der Waals surface area (Å²) in [6.07, 6.45) is 6.18. The summed E-state index contributed by atoms with van der Waals surface area (Å²) in [5.41, 5.74) is 1.75. The predicted octanol–water partition coefficient (Wildman–Crippen LogP) is 6.41. The smallest absolute Gasteiger partial charge is 0.342 e.